The van der Waals surface area contributed by atoms with Gasteiger partial charge < -0.3 is 0 Å². The quantitative estimate of drug-likeness (QED) is 0.233. The van der Waals surface area contributed by atoms with E-state index in [4.69, 9.17) is 0 Å². The maximum atomic E-state index is 2.42. The fraction of sp³-hybridized carbons (Fsp3) is 0.125. The molecular formula is C32H26Gd. The van der Waals surface area contributed by atoms with E-state index in [-0.39, 0.29) is 0 Å². The summed E-state index contributed by atoms with van der Waals surface area (Å²) < 4.78 is 3.37. The molecule has 0 heterocycles. The van der Waals surface area contributed by atoms with E-state index in [1.807, 2.05) is 0 Å². The van der Waals surface area contributed by atoms with Crippen molar-refractivity contribution in [1.82, 2.24) is 0 Å². The van der Waals surface area contributed by atoms with Gasteiger partial charge in [0.2, 0.25) is 0 Å². The van der Waals surface area contributed by atoms with Gasteiger partial charge in [-0.2, -0.15) is 0 Å². The molecule has 2 atom stereocenters. The predicted octanol–water partition coefficient (Wildman–Crippen LogP) is 8.22. The molecule has 1 heteroatoms. The Bertz CT molecular complexity index is 1280. The molecule has 0 N–H and O–H groups in total. The van der Waals surface area contributed by atoms with Crippen molar-refractivity contribution < 1.29 is 35.9 Å². The van der Waals surface area contributed by atoms with Crippen LogP contribution in [0.2, 0.25) is 0 Å². The van der Waals surface area contributed by atoms with Gasteiger partial charge in [-0.3, -0.25) is 0 Å². The molecule has 0 saturated carbocycles. The maximum absolute atomic E-state index is 2.42. The number of fused-ring (bicyclic) bond motifs is 2. The molecule has 0 spiro atoms. The van der Waals surface area contributed by atoms with Crippen LogP contribution in [-0.2, 0) is 0 Å². The summed E-state index contributed by atoms with van der Waals surface area (Å²) in [4.78, 5) is 0. The first kappa shape index (κ1) is 21.2. The summed E-state index contributed by atoms with van der Waals surface area (Å²) in [5.74, 6) is 0.951. The van der Waals surface area contributed by atoms with E-state index in [0.717, 1.165) is 0 Å². The monoisotopic (exact) mass is 568 g/mol. The number of benzene rings is 4. The zero-order valence-electron chi connectivity index (χ0n) is 18.9. The molecule has 0 amide bonds. The van der Waals surface area contributed by atoms with Crippen LogP contribution in [0.4, 0.5) is 0 Å². The van der Waals surface area contributed by atoms with Crippen molar-refractivity contribution in [1.29, 1.82) is 0 Å². The van der Waals surface area contributed by atoms with Crippen molar-refractivity contribution in [3.8, 4) is 0 Å². The molecule has 0 fully saturated rings. The van der Waals surface area contributed by atoms with E-state index < -0.39 is 35.9 Å². The normalized spacial score (nSPS) is 19.2. The van der Waals surface area contributed by atoms with Crippen LogP contribution >= 0.6 is 0 Å². The molecule has 0 saturated heterocycles. The van der Waals surface area contributed by atoms with Gasteiger partial charge in [0, 0.05) is 0 Å². The molecule has 2 aliphatic rings. The SMILES string of the molecule is CC1[C]([Gd][C]2=C(c3ccccc3)c3ccccc3C2C)=C(c2ccccc2)c2ccccc21. The summed E-state index contributed by atoms with van der Waals surface area (Å²) in [6.45, 7) is 4.85. The van der Waals surface area contributed by atoms with Crippen LogP contribution in [-0.4, -0.2) is 0 Å². The number of rotatable bonds is 4. The van der Waals surface area contributed by atoms with Gasteiger partial charge in [0.25, 0.3) is 0 Å². The molecule has 0 radical (unpaired) electrons. The number of hydrogen-bond donors (Lipinski definition) is 0. The summed E-state index contributed by atoms with van der Waals surface area (Å²) in [7, 11) is 0. The molecule has 6 rings (SSSR count). The minimum atomic E-state index is -0.682. The summed E-state index contributed by atoms with van der Waals surface area (Å²) in [5.41, 5.74) is 11.6. The first-order valence-electron chi connectivity index (χ1n) is 11.6. The molecule has 0 bridgehead atoms. The Kier molecular flexibility index (Phi) is 5.66. The van der Waals surface area contributed by atoms with Crippen molar-refractivity contribution in [2.24, 2.45) is 0 Å². The fourth-order valence-electron chi connectivity index (χ4n) is 5.29. The zero-order chi connectivity index (χ0) is 22.4. The molecule has 2 unspecified atom stereocenters. The average Bonchev–Trinajstić information content (AvgIpc) is 3.32. The first-order valence-corrected chi connectivity index (χ1v) is 13.9. The van der Waals surface area contributed by atoms with E-state index in [1.165, 1.54) is 44.5 Å². The van der Waals surface area contributed by atoms with E-state index in [1.54, 1.807) is 2.71 Å². The molecule has 162 valence electrons. The van der Waals surface area contributed by atoms with Gasteiger partial charge in [-0.1, -0.05) is 0 Å². The zero-order valence-corrected chi connectivity index (χ0v) is 21.2. The second-order valence-corrected chi connectivity index (χ2v) is 11.9. The molecule has 0 aromatic heterocycles. The molecule has 0 nitrogen and oxygen atoms in total. The Labute approximate surface area is 216 Å². The van der Waals surface area contributed by atoms with Crippen molar-refractivity contribution in [2.75, 3.05) is 0 Å². The van der Waals surface area contributed by atoms with Crippen LogP contribution in [0.3, 0.4) is 0 Å². The van der Waals surface area contributed by atoms with Gasteiger partial charge >= 0.3 is 218 Å². The molecule has 33 heavy (non-hydrogen) atoms. The predicted molar refractivity (Wildman–Crippen MR) is 135 cm³/mol. The van der Waals surface area contributed by atoms with E-state index in [0.29, 0.717) is 11.8 Å². The second-order valence-electron chi connectivity index (χ2n) is 8.86. The van der Waals surface area contributed by atoms with E-state index in [9.17, 15) is 0 Å². The van der Waals surface area contributed by atoms with Gasteiger partial charge in [0.15, 0.2) is 0 Å². The van der Waals surface area contributed by atoms with Gasteiger partial charge in [0.1, 0.15) is 0 Å². The Morgan fingerprint density at radius 3 is 1.24 bits per heavy atom. The van der Waals surface area contributed by atoms with Gasteiger partial charge in [-0.15, -0.1) is 0 Å². The minimum absolute atomic E-state index is 0.475. The standard InChI is InChI=1S/2C16H13.Gd/c2*1-12-11-16(13-7-3-2-4-8-13)15-10-6-5-9-14(12)15;/h2*2-10,12H,1H3;. The molecular weight excluding hydrogens is 542 g/mol. The van der Waals surface area contributed by atoms with Crippen molar-refractivity contribution in [3.63, 3.8) is 0 Å². The van der Waals surface area contributed by atoms with Crippen LogP contribution in [0.1, 0.15) is 59.1 Å². The van der Waals surface area contributed by atoms with Crippen LogP contribution in [0.15, 0.2) is 112 Å². The molecule has 0 aliphatic heterocycles. The second kappa shape index (κ2) is 8.80. The van der Waals surface area contributed by atoms with Gasteiger partial charge in [-0.05, 0) is 0 Å². The third-order valence-electron chi connectivity index (χ3n) is 6.91. The van der Waals surface area contributed by atoms with Crippen molar-refractivity contribution in [3.05, 3.63) is 145 Å². The van der Waals surface area contributed by atoms with Crippen LogP contribution in [0.5, 0.6) is 0 Å². The summed E-state index contributed by atoms with van der Waals surface area (Å²) >= 11 is -0.682. The summed E-state index contributed by atoms with van der Waals surface area (Å²) in [5, 5.41) is 0. The van der Waals surface area contributed by atoms with Gasteiger partial charge in [-0.25, -0.2) is 0 Å². The van der Waals surface area contributed by atoms with Gasteiger partial charge in [0.05, 0.1) is 0 Å². The van der Waals surface area contributed by atoms with E-state index >= 15 is 0 Å². The van der Waals surface area contributed by atoms with Crippen LogP contribution in [0, 0.1) is 35.9 Å². The topological polar surface area (TPSA) is 0 Å². The van der Waals surface area contributed by atoms with Crippen LogP contribution in [0.25, 0.3) is 11.1 Å². The Morgan fingerprint density at radius 1 is 0.455 bits per heavy atom. The third kappa shape index (κ3) is 3.58. The Balaban J connectivity index is 1.56. The van der Waals surface area contributed by atoms with E-state index in [2.05, 4.69) is 123 Å². The van der Waals surface area contributed by atoms with Crippen LogP contribution < -0.4 is 0 Å². The summed E-state index contributed by atoms with van der Waals surface area (Å²) in [6.07, 6.45) is 0. The number of allylic oxidation sites excluding steroid dienone is 2. The van der Waals surface area contributed by atoms with Crippen molar-refractivity contribution >= 4 is 11.1 Å². The Hall–Kier alpha value is -2.32. The number of hydrogen-bond acceptors (Lipinski definition) is 0. The molecule has 4 aromatic rings. The Morgan fingerprint density at radius 2 is 0.818 bits per heavy atom. The average molecular weight is 568 g/mol. The summed E-state index contributed by atoms with van der Waals surface area (Å²) in [6, 6.07) is 40.2. The third-order valence-corrected chi connectivity index (χ3v) is 11.2. The first-order chi connectivity index (χ1) is 16.2. The molecule has 2 aliphatic carbocycles. The molecule has 4 aromatic carbocycles. The fourth-order valence-corrected chi connectivity index (χ4v) is 9.47. The van der Waals surface area contributed by atoms with Crippen molar-refractivity contribution in [2.45, 2.75) is 25.7 Å².